The van der Waals surface area contributed by atoms with E-state index in [0.29, 0.717) is 0 Å². The minimum absolute atomic E-state index is 0.131. The maximum absolute atomic E-state index is 10.1. The number of hydrogen-bond acceptors (Lipinski definition) is 1. The van der Waals surface area contributed by atoms with Crippen molar-refractivity contribution in [2.24, 2.45) is 0 Å². The van der Waals surface area contributed by atoms with Crippen LogP contribution in [0.5, 0.6) is 0 Å². The standard InChI is InChI=1S/C12H12O/c1-2-11(9-6-10-13)12-7-4-3-5-8-12/h2-11H,1H2/b9-6+/t11-/m0/s1. The molecule has 1 rings (SSSR count). The summed E-state index contributed by atoms with van der Waals surface area (Å²) in [4.78, 5) is 10.1. The lowest BCUT2D eigenvalue weighted by Crippen LogP contribution is -1.89. The first kappa shape index (κ1) is 9.46. The van der Waals surface area contributed by atoms with Crippen LogP contribution in [-0.2, 0) is 4.79 Å². The molecule has 0 aliphatic carbocycles. The lowest BCUT2D eigenvalue weighted by atomic mass is 9.99. The summed E-state index contributed by atoms with van der Waals surface area (Å²) in [6.45, 7) is 3.72. The molecule has 0 aliphatic heterocycles. The largest absolute Gasteiger partial charge is 0.299 e. The highest BCUT2D eigenvalue weighted by Crippen LogP contribution is 2.17. The van der Waals surface area contributed by atoms with Crippen LogP contribution in [0.15, 0.2) is 55.1 Å². The van der Waals surface area contributed by atoms with E-state index in [4.69, 9.17) is 0 Å². The second kappa shape index (κ2) is 5.09. The van der Waals surface area contributed by atoms with Crippen LogP contribution in [0.25, 0.3) is 0 Å². The van der Waals surface area contributed by atoms with Gasteiger partial charge in [0.05, 0.1) is 0 Å². The molecule has 0 unspecified atom stereocenters. The van der Waals surface area contributed by atoms with Gasteiger partial charge in [0, 0.05) is 5.92 Å². The van der Waals surface area contributed by atoms with Crippen molar-refractivity contribution in [1.29, 1.82) is 0 Å². The van der Waals surface area contributed by atoms with Crippen LogP contribution < -0.4 is 0 Å². The van der Waals surface area contributed by atoms with E-state index >= 15 is 0 Å². The second-order valence-corrected chi connectivity index (χ2v) is 2.69. The first-order valence-electron chi connectivity index (χ1n) is 4.18. The Morgan fingerprint density at radius 3 is 2.46 bits per heavy atom. The summed E-state index contributed by atoms with van der Waals surface area (Å²) in [5, 5.41) is 0. The second-order valence-electron chi connectivity index (χ2n) is 2.69. The fraction of sp³-hybridized carbons (Fsp3) is 0.0833. The summed E-state index contributed by atoms with van der Waals surface area (Å²) < 4.78 is 0. The van der Waals surface area contributed by atoms with Gasteiger partial charge in [0.25, 0.3) is 0 Å². The highest BCUT2D eigenvalue weighted by atomic mass is 16.1. The number of hydrogen-bond donors (Lipinski definition) is 0. The quantitative estimate of drug-likeness (QED) is 0.387. The zero-order chi connectivity index (χ0) is 9.52. The van der Waals surface area contributed by atoms with Gasteiger partial charge < -0.3 is 0 Å². The normalized spacial score (nSPS) is 12.6. The molecule has 66 valence electrons. The van der Waals surface area contributed by atoms with Crippen LogP contribution in [0.1, 0.15) is 11.5 Å². The molecule has 0 aliphatic rings. The Hall–Kier alpha value is -1.63. The van der Waals surface area contributed by atoms with Crippen molar-refractivity contribution in [3.63, 3.8) is 0 Å². The predicted molar refractivity (Wildman–Crippen MR) is 54.6 cm³/mol. The fourth-order valence-corrected chi connectivity index (χ4v) is 1.17. The average Bonchev–Trinajstić information content (AvgIpc) is 2.21. The Balaban J connectivity index is 2.84. The molecular weight excluding hydrogens is 160 g/mol. The lowest BCUT2D eigenvalue weighted by Gasteiger charge is -2.05. The molecule has 1 aromatic carbocycles. The molecule has 1 heteroatoms. The molecule has 0 spiro atoms. The van der Waals surface area contributed by atoms with Crippen LogP contribution in [0, 0.1) is 0 Å². The number of carbonyl (C=O) groups is 1. The van der Waals surface area contributed by atoms with Crippen molar-refractivity contribution < 1.29 is 4.79 Å². The topological polar surface area (TPSA) is 17.1 Å². The number of benzene rings is 1. The molecule has 13 heavy (non-hydrogen) atoms. The first-order chi connectivity index (χ1) is 6.38. The molecule has 0 bridgehead atoms. The molecule has 0 radical (unpaired) electrons. The third kappa shape index (κ3) is 2.71. The van der Waals surface area contributed by atoms with Crippen molar-refractivity contribution in [3.8, 4) is 0 Å². The summed E-state index contributed by atoms with van der Waals surface area (Å²) in [6, 6.07) is 9.94. The SMILES string of the molecule is C=C[C@@H](/C=C/C=O)c1ccccc1. The Labute approximate surface area is 78.4 Å². The zero-order valence-electron chi connectivity index (χ0n) is 7.39. The smallest absolute Gasteiger partial charge is 0.142 e. The summed E-state index contributed by atoms with van der Waals surface area (Å²) in [6.07, 6.45) is 5.92. The van der Waals surface area contributed by atoms with Crippen molar-refractivity contribution in [1.82, 2.24) is 0 Å². The van der Waals surface area contributed by atoms with Crippen molar-refractivity contribution >= 4 is 6.29 Å². The number of aldehydes is 1. The van der Waals surface area contributed by atoms with Crippen LogP contribution in [-0.4, -0.2) is 6.29 Å². The maximum Gasteiger partial charge on any atom is 0.142 e. The van der Waals surface area contributed by atoms with Crippen LogP contribution in [0.4, 0.5) is 0 Å². The monoisotopic (exact) mass is 172 g/mol. The fourth-order valence-electron chi connectivity index (χ4n) is 1.17. The van der Waals surface area contributed by atoms with Gasteiger partial charge in [0.15, 0.2) is 0 Å². The van der Waals surface area contributed by atoms with Crippen LogP contribution in [0.2, 0.25) is 0 Å². The van der Waals surface area contributed by atoms with Crippen LogP contribution in [0.3, 0.4) is 0 Å². The molecule has 0 saturated heterocycles. The van der Waals surface area contributed by atoms with Crippen molar-refractivity contribution in [2.75, 3.05) is 0 Å². The van der Waals surface area contributed by atoms with E-state index in [1.165, 1.54) is 6.08 Å². The van der Waals surface area contributed by atoms with Gasteiger partial charge in [-0.05, 0) is 11.6 Å². The summed E-state index contributed by atoms with van der Waals surface area (Å²) in [5.74, 6) is 0.131. The molecule has 0 aromatic heterocycles. The van der Waals surface area contributed by atoms with E-state index in [9.17, 15) is 4.79 Å². The van der Waals surface area contributed by atoms with Gasteiger partial charge in [-0.2, -0.15) is 0 Å². The highest BCUT2D eigenvalue weighted by molar-refractivity contribution is 5.65. The van der Waals surface area contributed by atoms with Gasteiger partial charge in [-0.1, -0.05) is 42.5 Å². The maximum atomic E-state index is 10.1. The molecule has 0 amide bonds. The minimum atomic E-state index is 0.131. The van der Waals surface area contributed by atoms with Crippen molar-refractivity contribution in [3.05, 3.63) is 60.7 Å². The minimum Gasteiger partial charge on any atom is -0.299 e. The summed E-state index contributed by atoms with van der Waals surface area (Å²) in [7, 11) is 0. The predicted octanol–water partition coefficient (Wildman–Crippen LogP) is 2.71. The molecule has 0 heterocycles. The molecule has 1 aromatic rings. The number of carbonyl (C=O) groups excluding carboxylic acids is 1. The number of rotatable bonds is 4. The highest BCUT2D eigenvalue weighted by Gasteiger charge is 2.00. The molecular formula is C12H12O. The average molecular weight is 172 g/mol. The van der Waals surface area contributed by atoms with E-state index in [1.54, 1.807) is 0 Å². The van der Waals surface area contributed by atoms with Gasteiger partial charge in [0.1, 0.15) is 6.29 Å². The van der Waals surface area contributed by atoms with E-state index in [2.05, 4.69) is 6.58 Å². The zero-order valence-corrected chi connectivity index (χ0v) is 7.39. The molecule has 1 atom stereocenters. The Morgan fingerprint density at radius 1 is 1.23 bits per heavy atom. The molecule has 0 saturated carbocycles. The Bertz CT molecular complexity index is 298. The van der Waals surface area contributed by atoms with Gasteiger partial charge in [0.2, 0.25) is 0 Å². The van der Waals surface area contributed by atoms with Gasteiger partial charge in [-0.3, -0.25) is 4.79 Å². The summed E-state index contributed by atoms with van der Waals surface area (Å²) >= 11 is 0. The van der Waals surface area contributed by atoms with E-state index in [1.807, 2.05) is 42.5 Å². The van der Waals surface area contributed by atoms with E-state index in [0.717, 1.165) is 11.8 Å². The molecule has 0 N–H and O–H groups in total. The Morgan fingerprint density at radius 2 is 1.92 bits per heavy atom. The third-order valence-electron chi connectivity index (χ3n) is 1.84. The van der Waals surface area contributed by atoms with Gasteiger partial charge in [-0.15, -0.1) is 6.58 Å². The van der Waals surface area contributed by atoms with Crippen molar-refractivity contribution in [2.45, 2.75) is 5.92 Å². The molecule has 0 fully saturated rings. The van der Waals surface area contributed by atoms with Crippen LogP contribution >= 0.6 is 0 Å². The lowest BCUT2D eigenvalue weighted by molar-refractivity contribution is -0.104. The summed E-state index contributed by atoms with van der Waals surface area (Å²) in [5.41, 5.74) is 1.15. The van der Waals surface area contributed by atoms with Gasteiger partial charge in [-0.25, -0.2) is 0 Å². The van der Waals surface area contributed by atoms with E-state index < -0.39 is 0 Å². The first-order valence-corrected chi connectivity index (χ1v) is 4.18. The van der Waals surface area contributed by atoms with Gasteiger partial charge >= 0.3 is 0 Å². The number of allylic oxidation sites excluding steroid dienone is 3. The molecule has 1 nitrogen and oxygen atoms in total. The van der Waals surface area contributed by atoms with E-state index in [-0.39, 0.29) is 5.92 Å². The third-order valence-corrected chi connectivity index (χ3v) is 1.84. The Kier molecular flexibility index (Phi) is 3.71.